The first-order chi connectivity index (χ1) is 10.0. The molecule has 0 radical (unpaired) electrons. The highest BCUT2D eigenvalue weighted by molar-refractivity contribution is 5.67. The zero-order valence-corrected chi connectivity index (χ0v) is 14.2. The summed E-state index contributed by atoms with van der Waals surface area (Å²) in [4.78, 5) is 11.6. The minimum atomic E-state index is -1.10. The predicted octanol–water partition coefficient (Wildman–Crippen LogP) is 2.53. The number of rotatable bonds is 4. The summed E-state index contributed by atoms with van der Waals surface area (Å²) in [5, 5.41) is 22.9. The standard InChI is InChI=1S/C17H27NO4/c1-10-7-11(2)14(12(3)8-10)15(20)13(19)9-18-16(21)22-17(4,5)6/h7-8,13,15,19-20H,9H2,1-6H3,(H,18,21). The SMILES string of the molecule is Cc1cc(C)c(C(O)C(O)CNC(=O)OC(C)(C)C)c(C)c1. The van der Waals surface area contributed by atoms with Crippen molar-refractivity contribution in [3.05, 3.63) is 34.4 Å². The molecule has 1 aromatic rings. The molecular weight excluding hydrogens is 282 g/mol. The van der Waals surface area contributed by atoms with Gasteiger partial charge >= 0.3 is 6.09 Å². The van der Waals surface area contributed by atoms with Gasteiger partial charge in [0, 0.05) is 6.54 Å². The molecule has 0 heterocycles. The van der Waals surface area contributed by atoms with Crippen LogP contribution in [0, 0.1) is 20.8 Å². The lowest BCUT2D eigenvalue weighted by atomic mass is 9.93. The van der Waals surface area contributed by atoms with Crippen molar-refractivity contribution >= 4 is 6.09 Å². The average molecular weight is 309 g/mol. The van der Waals surface area contributed by atoms with Gasteiger partial charge in [-0.15, -0.1) is 0 Å². The molecule has 1 rings (SSSR count). The molecule has 2 atom stereocenters. The minimum absolute atomic E-state index is 0.0805. The van der Waals surface area contributed by atoms with Crippen LogP contribution in [0.1, 0.15) is 49.1 Å². The second-order valence-corrected chi connectivity index (χ2v) is 6.71. The Labute approximate surface area is 132 Å². The Bertz CT molecular complexity index is 511. The number of alkyl carbamates (subject to hydrolysis) is 1. The van der Waals surface area contributed by atoms with Gasteiger partial charge < -0.3 is 20.3 Å². The van der Waals surface area contributed by atoms with Crippen LogP contribution in [0.5, 0.6) is 0 Å². The molecule has 0 aliphatic carbocycles. The van der Waals surface area contributed by atoms with Crippen LogP contribution >= 0.6 is 0 Å². The molecule has 124 valence electrons. The Balaban J connectivity index is 2.70. The third-order valence-corrected chi connectivity index (χ3v) is 3.25. The van der Waals surface area contributed by atoms with Gasteiger partial charge in [-0.2, -0.15) is 0 Å². The summed E-state index contributed by atoms with van der Waals surface area (Å²) in [6.45, 7) is 11.0. The molecule has 0 aliphatic rings. The molecule has 1 aromatic carbocycles. The summed E-state index contributed by atoms with van der Waals surface area (Å²) in [6, 6.07) is 3.92. The smallest absolute Gasteiger partial charge is 0.407 e. The fraction of sp³-hybridized carbons (Fsp3) is 0.588. The molecule has 2 unspecified atom stereocenters. The van der Waals surface area contributed by atoms with E-state index in [-0.39, 0.29) is 6.54 Å². The van der Waals surface area contributed by atoms with Gasteiger partial charge in [0.25, 0.3) is 0 Å². The molecule has 1 amide bonds. The monoisotopic (exact) mass is 309 g/mol. The molecule has 0 saturated carbocycles. The summed E-state index contributed by atoms with van der Waals surface area (Å²) in [7, 11) is 0. The van der Waals surface area contributed by atoms with E-state index in [0.717, 1.165) is 16.7 Å². The van der Waals surface area contributed by atoms with Crippen molar-refractivity contribution in [3.8, 4) is 0 Å². The van der Waals surface area contributed by atoms with Gasteiger partial charge in [0.1, 0.15) is 17.8 Å². The minimum Gasteiger partial charge on any atom is -0.444 e. The lowest BCUT2D eigenvalue weighted by Gasteiger charge is -2.24. The predicted molar refractivity (Wildman–Crippen MR) is 85.9 cm³/mol. The summed E-state index contributed by atoms with van der Waals surface area (Å²) < 4.78 is 5.09. The van der Waals surface area contributed by atoms with Crippen molar-refractivity contribution in [3.63, 3.8) is 0 Å². The molecule has 22 heavy (non-hydrogen) atoms. The van der Waals surface area contributed by atoms with E-state index in [1.54, 1.807) is 20.8 Å². The number of carbonyl (C=O) groups is 1. The quantitative estimate of drug-likeness (QED) is 0.798. The van der Waals surface area contributed by atoms with Crippen molar-refractivity contribution < 1.29 is 19.7 Å². The Morgan fingerprint density at radius 3 is 2.14 bits per heavy atom. The number of amides is 1. The third-order valence-electron chi connectivity index (χ3n) is 3.25. The van der Waals surface area contributed by atoms with E-state index in [2.05, 4.69) is 5.32 Å². The largest absolute Gasteiger partial charge is 0.444 e. The zero-order valence-electron chi connectivity index (χ0n) is 14.2. The molecule has 5 heteroatoms. The number of benzene rings is 1. The van der Waals surface area contributed by atoms with Gasteiger partial charge in [-0.3, -0.25) is 0 Å². The highest BCUT2D eigenvalue weighted by atomic mass is 16.6. The second kappa shape index (κ2) is 7.11. The second-order valence-electron chi connectivity index (χ2n) is 6.71. The van der Waals surface area contributed by atoms with Crippen molar-refractivity contribution in [2.75, 3.05) is 6.54 Å². The molecule has 0 aliphatic heterocycles. The molecule has 0 saturated heterocycles. The number of hydrogen-bond donors (Lipinski definition) is 3. The topological polar surface area (TPSA) is 78.8 Å². The van der Waals surface area contributed by atoms with Crippen molar-refractivity contribution in [2.24, 2.45) is 0 Å². The maximum atomic E-state index is 11.6. The van der Waals surface area contributed by atoms with Gasteiger partial charge in [-0.25, -0.2) is 4.79 Å². The van der Waals surface area contributed by atoms with E-state index in [1.165, 1.54) is 0 Å². The van der Waals surface area contributed by atoms with Crippen LogP contribution in [-0.2, 0) is 4.74 Å². The fourth-order valence-electron chi connectivity index (χ4n) is 2.46. The van der Waals surface area contributed by atoms with Crippen LogP contribution in [0.15, 0.2) is 12.1 Å². The van der Waals surface area contributed by atoms with E-state index in [1.807, 2.05) is 32.9 Å². The maximum Gasteiger partial charge on any atom is 0.407 e. The Morgan fingerprint density at radius 1 is 1.18 bits per heavy atom. The highest BCUT2D eigenvalue weighted by Crippen LogP contribution is 2.25. The van der Waals surface area contributed by atoms with E-state index in [9.17, 15) is 15.0 Å². The number of aliphatic hydroxyl groups is 2. The average Bonchev–Trinajstić information content (AvgIpc) is 2.32. The number of ether oxygens (including phenoxy) is 1. The van der Waals surface area contributed by atoms with E-state index in [0.29, 0.717) is 5.56 Å². The van der Waals surface area contributed by atoms with Crippen molar-refractivity contribution in [1.82, 2.24) is 5.32 Å². The molecule has 0 fully saturated rings. The summed E-state index contributed by atoms with van der Waals surface area (Å²) >= 11 is 0. The lowest BCUT2D eigenvalue weighted by molar-refractivity contribution is 0.0124. The van der Waals surface area contributed by atoms with Crippen molar-refractivity contribution in [2.45, 2.75) is 59.4 Å². The van der Waals surface area contributed by atoms with E-state index < -0.39 is 23.9 Å². The Kier molecular flexibility index (Phi) is 5.97. The van der Waals surface area contributed by atoms with Gasteiger partial charge in [-0.05, 0) is 58.2 Å². The Morgan fingerprint density at radius 2 is 1.68 bits per heavy atom. The molecular formula is C17H27NO4. The van der Waals surface area contributed by atoms with Gasteiger partial charge in [-0.1, -0.05) is 17.7 Å². The fourth-order valence-corrected chi connectivity index (χ4v) is 2.46. The van der Waals surface area contributed by atoms with Crippen LogP contribution in [0.2, 0.25) is 0 Å². The first kappa shape index (κ1) is 18.5. The van der Waals surface area contributed by atoms with Crippen LogP contribution in [0.3, 0.4) is 0 Å². The Hall–Kier alpha value is -1.59. The molecule has 5 nitrogen and oxygen atoms in total. The maximum absolute atomic E-state index is 11.6. The van der Waals surface area contributed by atoms with E-state index in [4.69, 9.17) is 4.74 Å². The molecule has 0 spiro atoms. The number of aryl methyl sites for hydroxylation is 3. The molecule has 3 N–H and O–H groups in total. The molecule has 0 bridgehead atoms. The van der Waals surface area contributed by atoms with Crippen LogP contribution in [0.4, 0.5) is 4.79 Å². The first-order valence-electron chi connectivity index (χ1n) is 7.42. The molecule has 0 aromatic heterocycles. The normalized spacial score (nSPS) is 14.4. The van der Waals surface area contributed by atoms with Crippen molar-refractivity contribution in [1.29, 1.82) is 0 Å². The summed E-state index contributed by atoms with van der Waals surface area (Å²) in [6.07, 6.45) is -2.78. The van der Waals surface area contributed by atoms with Crippen LogP contribution < -0.4 is 5.32 Å². The third kappa shape index (κ3) is 5.31. The number of aliphatic hydroxyl groups excluding tert-OH is 2. The zero-order chi connectivity index (χ0) is 17.1. The van der Waals surface area contributed by atoms with Gasteiger partial charge in [0.2, 0.25) is 0 Å². The van der Waals surface area contributed by atoms with Crippen LogP contribution in [-0.4, -0.2) is 34.6 Å². The number of hydrogen-bond acceptors (Lipinski definition) is 4. The summed E-state index contributed by atoms with van der Waals surface area (Å²) in [5.74, 6) is 0. The van der Waals surface area contributed by atoms with Gasteiger partial charge in [0.15, 0.2) is 0 Å². The lowest BCUT2D eigenvalue weighted by Crippen LogP contribution is -2.39. The van der Waals surface area contributed by atoms with Gasteiger partial charge in [0.05, 0.1) is 0 Å². The number of nitrogens with one attached hydrogen (secondary N) is 1. The first-order valence-corrected chi connectivity index (χ1v) is 7.42. The van der Waals surface area contributed by atoms with Crippen LogP contribution in [0.25, 0.3) is 0 Å². The van der Waals surface area contributed by atoms with E-state index >= 15 is 0 Å². The summed E-state index contributed by atoms with van der Waals surface area (Å²) in [5.41, 5.74) is 3.04. The highest BCUT2D eigenvalue weighted by Gasteiger charge is 2.23. The number of carbonyl (C=O) groups excluding carboxylic acids is 1.